The van der Waals surface area contributed by atoms with E-state index in [9.17, 15) is 4.79 Å². The summed E-state index contributed by atoms with van der Waals surface area (Å²) in [7, 11) is 1.53. The van der Waals surface area contributed by atoms with Gasteiger partial charge in [-0.3, -0.25) is 4.79 Å². The Bertz CT molecular complexity index is 414. The highest BCUT2D eigenvalue weighted by Crippen LogP contribution is 2.25. The summed E-state index contributed by atoms with van der Waals surface area (Å²) >= 11 is 0. The molecule has 0 unspecified atom stereocenters. The molecule has 0 aliphatic heterocycles. The molecule has 0 spiro atoms. The fourth-order valence-electron chi connectivity index (χ4n) is 1.38. The van der Waals surface area contributed by atoms with Crippen LogP contribution in [-0.2, 0) is 0 Å². The van der Waals surface area contributed by atoms with Gasteiger partial charge in [-0.25, -0.2) is 0 Å². The molecule has 0 aromatic heterocycles. The first-order valence-electron chi connectivity index (χ1n) is 5.66. The van der Waals surface area contributed by atoms with Crippen molar-refractivity contribution in [3.05, 3.63) is 23.8 Å². The fourth-order valence-corrected chi connectivity index (χ4v) is 1.38. The van der Waals surface area contributed by atoms with Gasteiger partial charge in [0.15, 0.2) is 0 Å². The van der Waals surface area contributed by atoms with Crippen LogP contribution in [0.4, 0.5) is 5.69 Å². The van der Waals surface area contributed by atoms with Crippen molar-refractivity contribution in [1.82, 2.24) is 5.32 Å². The van der Waals surface area contributed by atoms with Crippen molar-refractivity contribution in [2.75, 3.05) is 12.8 Å². The largest absolute Gasteiger partial charge is 0.495 e. The third-order valence-corrected chi connectivity index (χ3v) is 2.87. The second kappa shape index (κ2) is 5.08. The molecule has 0 saturated carbocycles. The molecule has 1 amide bonds. The maximum atomic E-state index is 12.1. The molecule has 0 saturated heterocycles. The normalized spacial score (nSPS) is 11.1. The van der Waals surface area contributed by atoms with E-state index in [1.165, 1.54) is 7.11 Å². The van der Waals surface area contributed by atoms with Crippen LogP contribution in [0.1, 0.15) is 37.6 Å². The summed E-state index contributed by atoms with van der Waals surface area (Å²) in [5, 5.41) is 2.94. The van der Waals surface area contributed by atoms with Gasteiger partial charge in [0, 0.05) is 5.54 Å². The lowest BCUT2D eigenvalue weighted by molar-refractivity contribution is 0.0912. The lowest BCUT2D eigenvalue weighted by atomic mass is 10.0. The number of rotatable bonds is 4. The van der Waals surface area contributed by atoms with Gasteiger partial charge in [-0.15, -0.1) is 0 Å². The maximum Gasteiger partial charge on any atom is 0.253 e. The number of anilines is 1. The molecule has 94 valence electrons. The van der Waals surface area contributed by atoms with E-state index in [4.69, 9.17) is 10.5 Å². The number of hydrogen-bond donors (Lipinski definition) is 2. The molecule has 0 aliphatic carbocycles. The molecule has 0 bridgehead atoms. The summed E-state index contributed by atoms with van der Waals surface area (Å²) in [6.45, 7) is 5.97. The number of carbonyl (C=O) groups excluding carboxylic acids is 1. The Morgan fingerprint density at radius 2 is 2.12 bits per heavy atom. The molecule has 17 heavy (non-hydrogen) atoms. The van der Waals surface area contributed by atoms with Crippen LogP contribution >= 0.6 is 0 Å². The van der Waals surface area contributed by atoms with E-state index in [2.05, 4.69) is 5.32 Å². The van der Waals surface area contributed by atoms with E-state index in [1.54, 1.807) is 18.2 Å². The monoisotopic (exact) mass is 236 g/mol. The first-order valence-corrected chi connectivity index (χ1v) is 5.66. The minimum atomic E-state index is -0.243. The summed E-state index contributed by atoms with van der Waals surface area (Å²) < 4.78 is 5.09. The molecule has 4 heteroatoms. The van der Waals surface area contributed by atoms with Crippen LogP contribution in [0.3, 0.4) is 0 Å². The SMILES string of the molecule is CCC(C)(C)NC(=O)c1cccc(OC)c1N. The smallest absolute Gasteiger partial charge is 0.253 e. The van der Waals surface area contributed by atoms with Gasteiger partial charge < -0.3 is 15.8 Å². The van der Waals surface area contributed by atoms with Crippen molar-refractivity contribution in [3.63, 3.8) is 0 Å². The van der Waals surface area contributed by atoms with Gasteiger partial charge in [0.25, 0.3) is 5.91 Å². The zero-order valence-corrected chi connectivity index (χ0v) is 10.8. The van der Waals surface area contributed by atoms with Gasteiger partial charge in [-0.2, -0.15) is 0 Å². The van der Waals surface area contributed by atoms with E-state index in [0.29, 0.717) is 17.0 Å². The highest BCUT2D eigenvalue weighted by molar-refractivity contribution is 6.00. The number of hydrogen-bond acceptors (Lipinski definition) is 3. The zero-order valence-electron chi connectivity index (χ0n) is 10.8. The first-order chi connectivity index (χ1) is 7.91. The van der Waals surface area contributed by atoms with Crippen LogP contribution in [0, 0.1) is 0 Å². The van der Waals surface area contributed by atoms with Crippen LogP contribution in [0.2, 0.25) is 0 Å². The van der Waals surface area contributed by atoms with Crippen molar-refractivity contribution in [2.45, 2.75) is 32.7 Å². The van der Waals surface area contributed by atoms with Gasteiger partial charge in [-0.1, -0.05) is 13.0 Å². The van der Waals surface area contributed by atoms with Crippen molar-refractivity contribution >= 4 is 11.6 Å². The topological polar surface area (TPSA) is 64.3 Å². The zero-order chi connectivity index (χ0) is 13.1. The molecule has 1 aromatic carbocycles. The molecule has 1 aromatic rings. The minimum Gasteiger partial charge on any atom is -0.495 e. The van der Waals surface area contributed by atoms with E-state index < -0.39 is 0 Å². The number of carbonyl (C=O) groups is 1. The van der Waals surface area contributed by atoms with Gasteiger partial charge in [0.2, 0.25) is 0 Å². The molecule has 3 N–H and O–H groups in total. The Hall–Kier alpha value is -1.71. The predicted molar refractivity (Wildman–Crippen MR) is 69.2 cm³/mol. The lowest BCUT2D eigenvalue weighted by Gasteiger charge is -2.25. The standard InChI is InChI=1S/C13H20N2O2/c1-5-13(2,3)15-12(16)9-7-6-8-10(17-4)11(9)14/h6-8H,5,14H2,1-4H3,(H,15,16). The summed E-state index contributed by atoms with van der Waals surface area (Å²) in [6, 6.07) is 5.18. The van der Waals surface area contributed by atoms with Crippen molar-refractivity contribution in [2.24, 2.45) is 0 Å². The van der Waals surface area contributed by atoms with E-state index >= 15 is 0 Å². The van der Waals surface area contributed by atoms with Crippen molar-refractivity contribution < 1.29 is 9.53 Å². The van der Waals surface area contributed by atoms with E-state index in [-0.39, 0.29) is 11.4 Å². The lowest BCUT2D eigenvalue weighted by Crippen LogP contribution is -2.43. The summed E-state index contributed by atoms with van der Waals surface area (Å²) in [4.78, 5) is 12.1. The summed E-state index contributed by atoms with van der Waals surface area (Å²) in [6.07, 6.45) is 0.850. The number of ether oxygens (including phenoxy) is 1. The third-order valence-electron chi connectivity index (χ3n) is 2.87. The Labute approximate surface area is 102 Å². The fraction of sp³-hybridized carbons (Fsp3) is 0.462. The molecule has 1 rings (SSSR count). The number of benzene rings is 1. The van der Waals surface area contributed by atoms with Crippen LogP contribution in [0.5, 0.6) is 5.75 Å². The number of nitrogens with two attached hydrogens (primary N) is 1. The molecular formula is C13H20N2O2. The van der Waals surface area contributed by atoms with E-state index in [0.717, 1.165) is 6.42 Å². The first kappa shape index (κ1) is 13.4. The Kier molecular flexibility index (Phi) is 3.99. The van der Waals surface area contributed by atoms with Gasteiger partial charge in [-0.05, 0) is 32.4 Å². The number of nitrogens with one attached hydrogen (secondary N) is 1. The number of nitrogen functional groups attached to an aromatic ring is 1. The van der Waals surface area contributed by atoms with Crippen LogP contribution in [0.25, 0.3) is 0 Å². The Morgan fingerprint density at radius 3 is 2.65 bits per heavy atom. The number of amides is 1. The number of para-hydroxylation sites is 1. The Balaban J connectivity index is 2.97. The van der Waals surface area contributed by atoms with Crippen molar-refractivity contribution in [3.8, 4) is 5.75 Å². The maximum absolute atomic E-state index is 12.1. The third kappa shape index (κ3) is 3.12. The summed E-state index contributed by atoms with van der Waals surface area (Å²) in [5.74, 6) is 0.347. The summed E-state index contributed by atoms with van der Waals surface area (Å²) in [5.41, 5.74) is 6.45. The molecular weight excluding hydrogens is 216 g/mol. The average Bonchev–Trinajstić information content (AvgIpc) is 2.28. The van der Waals surface area contributed by atoms with Gasteiger partial charge >= 0.3 is 0 Å². The van der Waals surface area contributed by atoms with Crippen molar-refractivity contribution in [1.29, 1.82) is 0 Å². The van der Waals surface area contributed by atoms with E-state index in [1.807, 2.05) is 20.8 Å². The van der Waals surface area contributed by atoms with Crippen LogP contribution < -0.4 is 15.8 Å². The highest BCUT2D eigenvalue weighted by Gasteiger charge is 2.21. The Morgan fingerprint density at radius 1 is 1.47 bits per heavy atom. The molecule has 0 heterocycles. The molecule has 0 aliphatic rings. The second-order valence-corrected chi connectivity index (χ2v) is 4.61. The van der Waals surface area contributed by atoms with Crippen LogP contribution in [0.15, 0.2) is 18.2 Å². The molecule has 0 radical (unpaired) electrons. The van der Waals surface area contributed by atoms with Gasteiger partial charge in [0.05, 0.1) is 18.4 Å². The minimum absolute atomic E-state index is 0.173. The molecule has 0 fully saturated rings. The second-order valence-electron chi connectivity index (χ2n) is 4.61. The average molecular weight is 236 g/mol. The van der Waals surface area contributed by atoms with Gasteiger partial charge in [0.1, 0.15) is 5.75 Å². The number of methoxy groups -OCH3 is 1. The molecule has 4 nitrogen and oxygen atoms in total. The predicted octanol–water partition coefficient (Wildman–Crippen LogP) is 2.20. The highest BCUT2D eigenvalue weighted by atomic mass is 16.5. The van der Waals surface area contributed by atoms with Crippen LogP contribution in [-0.4, -0.2) is 18.6 Å². The quantitative estimate of drug-likeness (QED) is 0.788. The molecule has 0 atom stereocenters.